The highest BCUT2D eigenvalue weighted by molar-refractivity contribution is 7.80. The lowest BCUT2D eigenvalue weighted by Gasteiger charge is -2.35. The number of rotatable bonds is 6. The van der Waals surface area contributed by atoms with Crippen LogP contribution in [-0.2, 0) is 0 Å². The second kappa shape index (κ2) is 10.9. The molecule has 2 N–H and O–H groups in total. The van der Waals surface area contributed by atoms with Gasteiger partial charge in [-0.2, -0.15) is 0 Å². The second-order valence-electron chi connectivity index (χ2n) is 8.87. The Morgan fingerprint density at radius 1 is 1.07 bits per heavy atom. The molecule has 0 unspecified atom stereocenters. The van der Waals surface area contributed by atoms with Crippen molar-refractivity contribution in [3.63, 3.8) is 0 Å². The van der Waals surface area contributed by atoms with Gasteiger partial charge in [0.1, 0.15) is 0 Å². The molecule has 6 heteroatoms. The Morgan fingerprint density at radius 2 is 1.72 bits per heavy atom. The first-order chi connectivity index (χ1) is 14.0. The standard InChI is InChI=1S/C23H36N4OS/c1-18-15-19(2)17-26(16-18)12-6-11-24-23(29)25-21-9-7-20(8-10-21)22(28)27-13-4-3-5-14-27/h7-10,18-19H,3-6,11-17H2,1-2H3,(H2,24,25,29)/t18-,19-/m0/s1. The van der Waals surface area contributed by atoms with Crippen LogP contribution in [0.2, 0.25) is 0 Å². The molecule has 0 saturated carbocycles. The number of piperidine rings is 2. The number of carbonyl (C=O) groups excluding carboxylic acids is 1. The molecule has 2 aliphatic heterocycles. The van der Waals surface area contributed by atoms with Gasteiger partial charge in [-0.25, -0.2) is 0 Å². The molecular weight excluding hydrogens is 380 g/mol. The Labute approximate surface area is 181 Å². The third-order valence-corrected chi connectivity index (χ3v) is 6.16. The van der Waals surface area contributed by atoms with Crippen molar-refractivity contribution in [2.24, 2.45) is 11.8 Å². The van der Waals surface area contributed by atoms with Gasteiger partial charge in [-0.1, -0.05) is 13.8 Å². The molecule has 160 valence electrons. The minimum absolute atomic E-state index is 0.137. The van der Waals surface area contributed by atoms with Gasteiger partial charge in [0.25, 0.3) is 5.91 Å². The molecule has 0 aromatic heterocycles. The first-order valence-corrected chi connectivity index (χ1v) is 11.6. The number of thiocarbonyl (C=S) groups is 1. The molecule has 1 aromatic rings. The summed E-state index contributed by atoms with van der Waals surface area (Å²) < 4.78 is 0. The fourth-order valence-electron chi connectivity index (χ4n) is 4.63. The zero-order valence-corrected chi connectivity index (χ0v) is 18.8. The highest BCUT2D eigenvalue weighted by Gasteiger charge is 2.21. The van der Waals surface area contributed by atoms with E-state index in [0.29, 0.717) is 5.11 Å². The van der Waals surface area contributed by atoms with E-state index in [1.54, 1.807) is 0 Å². The summed E-state index contributed by atoms with van der Waals surface area (Å²) in [5.41, 5.74) is 1.66. The van der Waals surface area contributed by atoms with E-state index in [1.807, 2.05) is 29.2 Å². The van der Waals surface area contributed by atoms with Crippen molar-refractivity contribution in [3.05, 3.63) is 29.8 Å². The van der Waals surface area contributed by atoms with Gasteiger partial charge in [0.2, 0.25) is 0 Å². The van der Waals surface area contributed by atoms with Crippen molar-refractivity contribution in [1.29, 1.82) is 0 Å². The molecule has 0 aliphatic carbocycles. The van der Waals surface area contributed by atoms with Crippen LogP contribution in [0, 0.1) is 11.8 Å². The van der Waals surface area contributed by atoms with Gasteiger partial charge >= 0.3 is 0 Å². The Bertz CT molecular complexity index is 662. The number of nitrogens with zero attached hydrogens (tertiary/aromatic N) is 2. The van der Waals surface area contributed by atoms with Crippen molar-refractivity contribution < 1.29 is 4.79 Å². The van der Waals surface area contributed by atoms with Crippen LogP contribution in [0.15, 0.2) is 24.3 Å². The number of likely N-dealkylation sites (tertiary alicyclic amines) is 2. The first-order valence-electron chi connectivity index (χ1n) is 11.2. The molecule has 2 aliphatic rings. The second-order valence-corrected chi connectivity index (χ2v) is 9.28. The zero-order valence-electron chi connectivity index (χ0n) is 18.0. The summed E-state index contributed by atoms with van der Waals surface area (Å²) in [4.78, 5) is 17.1. The van der Waals surface area contributed by atoms with Gasteiger partial charge in [0.05, 0.1) is 0 Å². The smallest absolute Gasteiger partial charge is 0.253 e. The first kappa shape index (κ1) is 22.0. The maximum absolute atomic E-state index is 12.5. The largest absolute Gasteiger partial charge is 0.362 e. The third kappa shape index (κ3) is 6.96. The van der Waals surface area contributed by atoms with Gasteiger partial charge in [-0.3, -0.25) is 4.79 Å². The van der Waals surface area contributed by atoms with Crippen molar-refractivity contribution in [1.82, 2.24) is 15.1 Å². The van der Waals surface area contributed by atoms with E-state index in [-0.39, 0.29) is 5.91 Å². The summed E-state index contributed by atoms with van der Waals surface area (Å²) in [5.74, 6) is 1.75. The lowest BCUT2D eigenvalue weighted by molar-refractivity contribution is 0.0724. The molecule has 2 fully saturated rings. The van der Waals surface area contributed by atoms with E-state index >= 15 is 0 Å². The number of carbonyl (C=O) groups is 1. The maximum atomic E-state index is 12.5. The molecule has 0 radical (unpaired) electrons. The molecule has 0 bridgehead atoms. The molecule has 0 spiro atoms. The number of hydrogen-bond donors (Lipinski definition) is 2. The van der Waals surface area contributed by atoms with E-state index in [2.05, 4.69) is 29.4 Å². The average Bonchev–Trinajstić information content (AvgIpc) is 2.71. The summed E-state index contributed by atoms with van der Waals surface area (Å²) in [5, 5.41) is 7.16. The predicted molar refractivity (Wildman–Crippen MR) is 124 cm³/mol. The summed E-state index contributed by atoms with van der Waals surface area (Å²) in [6.45, 7) is 10.9. The minimum atomic E-state index is 0.137. The van der Waals surface area contributed by atoms with Crippen LogP contribution >= 0.6 is 12.2 Å². The molecule has 2 saturated heterocycles. The van der Waals surface area contributed by atoms with Gasteiger partial charge < -0.3 is 20.4 Å². The minimum Gasteiger partial charge on any atom is -0.362 e. The van der Waals surface area contributed by atoms with E-state index in [0.717, 1.165) is 68.5 Å². The highest BCUT2D eigenvalue weighted by atomic mass is 32.1. The molecule has 29 heavy (non-hydrogen) atoms. The van der Waals surface area contributed by atoms with E-state index < -0.39 is 0 Å². The summed E-state index contributed by atoms with van der Waals surface area (Å²) >= 11 is 5.42. The van der Waals surface area contributed by atoms with Crippen molar-refractivity contribution >= 4 is 28.9 Å². The van der Waals surface area contributed by atoms with Crippen LogP contribution in [0.4, 0.5) is 5.69 Å². The van der Waals surface area contributed by atoms with Crippen LogP contribution < -0.4 is 10.6 Å². The lowest BCUT2D eigenvalue weighted by atomic mass is 9.92. The monoisotopic (exact) mass is 416 g/mol. The molecule has 3 rings (SSSR count). The Balaban J connectivity index is 1.36. The van der Waals surface area contributed by atoms with Crippen LogP contribution in [-0.4, -0.2) is 60.1 Å². The number of nitrogens with one attached hydrogen (secondary N) is 2. The molecule has 1 amide bonds. The molecule has 2 heterocycles. The topological polar surface area (TPSA) is 47.6 Å². The highest BCUT2D eigenvalue weighted by Crippen LogP contribution is 2.20. The van der Waals surface area contributed by atoms with Gasteiger partial charge in [-0.05, 0) is 87.0 Å². The van der Waals surface area contributed by atoms with Gasteiger partial charge in [0.15, 0.2) is 5.11 Å². The predicted octanol–water partition coefficient (Wildman–Crippen LogP) is 3.97. The van der Waals surface area contributed by atoms with Gasteiger partial charge in [-0.15, -0.1) is 0 Å². The lowest BCUT2D eigenvalue weighted by Crippen LogP contribution is -2.40. The van der Waals surface area contributed by atoms with E-state index in [4.69, 9.17) is 12.2 Å². The fraction of sp³-hybridized carbons (Fsp3) is 0.652. The fourth-order valence-corrected chi connectivity index (χ4v) is 4.85. The number of benzene rings is 1. The van der Waals surface area contributed by atoms with E-state index in [9.17, 15) is 4.79 Å². The third-order valence-electron chi connectivity index (χ3n) is 5.91. The van der Waals surface area contributed by atoms with Crippen LogP contribution in [0.5, 0.6) is 0 Å². The number of anilines is 1. The number of amides is 1. The summed E-state index contributed by atoms with van der Waals surface area (Å²) in [7, 11) is 0. The SMILES string of the molecule is C[C@H]1C[C@H](C)CN(CCCNC(=S)Nc2ccc(C(=O)N3CCCCC3)cc2)C1. The van der Waals surface area contributed by atoms with Crippen LogP contribution in [0.3, 0.4) is 0 Å². The van der Waals surface area contributed by atoms with Gasteiger partial charge in [0, 0.05) is 44.0 Å². The van der Waals surface area contributed by atoms with Crippen molar-refractivity contribution in [2.75, 3.05) is 44.6 Å². The zero-order chi connectivity index (χ0) is 20.6. The van der Waals surface area contributed by atoms with Crippen LogP contribution in [0.25, 0.3) is 0 Å². The molecule has 5 nitrogen and oxygen atoms in total. The summed E-state index contributed by atoms with van der Waals surface area (Å²) in [6.07, 6.45) is 5.89. The average molecular weight is 417 g/mol. The quantitative estimate of drug-likeness (QED) is 0.543. The Hall–Kier alpha value is -1.66. The maximum Gasteiger partial charge on any atom is 0.253 e. The van der Waals surface area contributed by atoms with Crippen LogP contribution in [0.1, 0.15) is 56.3 Å². The Morgan fingerprint density at radius 3 is 2.38 bits per heavy atom. The molecular formula is C23H36N4OS. The Kier molecular flexibility index (Phi) is 8.30. The van der Waals surface area contributed by atoms with Crippen molar-refractivity contribution in [3.8, 4) is 0 Å². The summed E-state index contributed by atoms with van der Waals surface area (Å²) in [6, 6.07) is 7.64. The van der Waals surface area contributed by atoms with E-state index in [1.165, 1.54) is 25.9 Å². The van der Waals surface area contributed by atoms with Crippen molar-refractivity contribution in [2.45, 2.75) is 46.0 Å². The normalized spacial score (nSPS) is 22.9. The number of hydrogen-bond acceptors (Lipinski definition) is 3. The molecule has 2 atom stereocenters. The molecule has 1 aromatic carbocycles.